The molecule has 2 rings (SSSR count). The molecule has 0 saturated carbocycles. The van der Waals surface area contributed by atoms with Gasteiger partial charge in [-0.05, 0) is 44.0 Å². The quantitative estimate of drug-likeness (QED) is 0.572. The molecule has 2 aromatic rings. The highest BCUT2D eigenvalue weighted by Gasteiger charge is 2.20. The van der Waals surface area contributed by atoms with Gasteiger partial charge < -0.3 is 4.74 Å². The molecule has 0 spiro atoms. The molecule has 0 fully saturated rings. The van der Waals surface area contributed by atoms with Gasteiger partial charge in [0.15, 0.2) is 0 Å². The third kappa shape index (κ3) is 3.07. The Morgan fingerprint density at radius 2 is 2.00 bits per heavy atom. The number of benzene rings is 1. The SMILES string of the molecule is O=[N+]([O-])c1cncc(Br)c1Oc1cc(F)ccc1Br. The molecule has 0 aliphatic carbocycles. The molecule has 0 aliphatic heterocycles. The van der Waals surface area contributed by atoms with E-state index in [1.807, 2.05) is 0 Å². The molecular formula is C11H5Br2FN2O3. The molecule has 0 radical (unpaired) electrons. The summed E-state index contributed by atoms with van der Waals surface area (Å²) in [5, 5.41) is 10.9. The van der Waals surface area contributed by atoms with E-state index in [4.69, 9.17) is 4.74 Å². The lowest BCUT2D eigenvalue weighted by atomic mass is 10.3. The van der Waals surface area contributed by atoms with E-state index in [0.717, 1.165) is 12.3 Å². The van der Waals surface area contributed by atoms with E-state index in [2.05, 4.69) is 36.8 Å². The van der Waals surface area contributed by atoms with E-state index < -0.39 is 10.7 Å². The fraction of sp³-hybridized carbons (Fsp3) is 0. The van der Waals surface area contributed by atoms with E-state index in [0.29, 0.717) is 8.95 Å². The average Bonchev–Trinajstić information content (AvgIpc) is 2.35. The van der Waals surface area contributed by atoms with Gasteiger partial charge in [0, 0.05) is 12.3 Å². The predicted molar refractivity (Wildman–Crippen MR) is 72.8 cm³/mol. The van der Waals surface area contributed by atoms with Crippen molar-refractivity contribution in [2.24, 2.45) is 0 Å². The van der Waals surface area contributed by atoms with Crippen molar-refractivity contribution in [1.82, 2.24) is 4.98 Å². The maximum Gasteiger partial charge on any atom is 0.330 e. The number of halogens is 3. The van der Waals surface area contributed by atoms with Crippen LogP contribution in [0.5, 0.6) is 11.5 Å². The zero-order valence-electron chi connectivity index (χ0n) is 9.14. The fourth-order valence-corrected chi connectivity index (χ4v) is 2.04. The van der Waals surface area contributed by atoms with E-state index >= 15 is 0 Å². The highest BCUT2D eigenvalue weighted by atomic mass is 79.9. The number of hydrogen-bond acceptors (Lipinski definition) is 4. The third-order valence-electron chi connectivity index (χ3n) is 2.14. The molecule has 1 aromatic heterocycles. The van der Waals surface area contributed by atoms with Crippen LogP contribution in [0.4, 0.5) is 10.1 Å². The van der Waals surface area contributed by atoms with Gasteiger partial charge in [0.05, 0.1) is 13.9 Å². The lowest BCUT2D eigenvalue weighted by Gasteiger charge is -2.09. The molecule has 0 amide bonds. The minimum atomic E-state index is -0.625. The molecule has 19 heavy (non-hydrogen) atoms. The van der Waals surface area contributed by atoms with E-state index in [9.17, 15) is 14.5 Å². The maximum absolute atomic E-state index is 13.2. The van der Waals surface area contributed by atoms with Gasteiger partial charge in [0.1, 0.15) is 17.8 Å². The van der Waals surface area contributed by atoms with Crippen LogP contribution in [0, 0.1) is 15.9 Å². The first-order chi connectivity index (χ1) is 8.99. The standard InChI is InChI=1S/C11H5Br2FN2O3/c12-7-2-1-6(14)3-10(7)19-11-8(13)4-15-5-9(11)16(17)18/h1-5H. The zero-order valence-corrected chi connectivity index (χ0v) is 12.3. The summed E-state index contributed by atoms with van der Waals surface area (Å²) in [6.07, 6.45) is 2.42. The minimum Gasteiger partial charge on any atom is -0.447 e. The van der Waals surface area contributed by atoms with Crippen molar-refractivity contribution in [3.63, 3.8) is 0 Å². The summed E-state index contributed by atoms with van der Waals surface area (Å²) in [5.41, 5.74) is -0.314. The summed E-state index contributed by atoms with van der Waals surface area (Å²) >= 11 is 6.30. The molecule has 98 valence electrons. The average molecular weight is 392 g/mol. The van der Waals surface area contributed by atoms with Crippen molar-refractivity contribution in [1.29, 1.82) is 0 Å². The normalized spacial score (nSPS) is 10.3. The van der Waals surface area contributed by atoms with Gasteiger partial charge in [-0.3, -0.25) is 15.1 Å². The predicted octanol–water partition coefficient (Wildman–Crippen LogP) is 4.45. The number of rotatable bonds is 3. The van der Waals surface area contributed by atoms with Crippen LogP contribution in [0.25, 0.3) is 0 Å². The van der Waals surface area contributed by atoms with Gasteiger partial charge in [0.2, 0.25) is 5.75 Å². The largest absolute Gasteiger partial charge is 0.447 e. The second kappa shape index (κ2) is 5.62. The van der Waals surface area contributed by atoms with Gasteiger partial charge in [0.25, 0.3) is 0 Å². The van der Waals surface area contributed by atoms with Crippen molar-refractivity contribution >= 4 is 37.5 Å². The smallest absolute Gasteiger partial charge is 0.330 e. The summed E-state index contributed by atoms with van der Waals surface area (Å²) in [6, 6.07) is 3.82. The summed E-state index contributed by atoms with van der Waals surface area (Å²) in [5.74, 6) is -0.410. The van der Waals surface area contributed by atoms with Crippen molar-refractivity contribution in [3.05, 3.63) is 55.5 Å². The summed E-state index contributed by atoms with van der Waals surface area (Å²) < 4.78 is 19.3. The number of pyridine rings is 1. The lowest BCUT2D eigenvalue weighted by Crippen LogP contribution is -1.96. The van der Waals surface area contributed by atoms with Crippen LogP contribution in [0.3, 0.4) is 0 Å². The molecule has 1 heterocycles. The molecular weight excluding hydrogens is 387 g/mol. The van der Waals surface area contributed by atoms with Crippen molar-refractivity contribution in [2.75, 3.05) is 0 Å². The zero-order chi connectivity index (χ0) is 14.0. The summed E-state index contributed by atoms with van der Waals surface area (Å²) in [4.78, 5) is 14.0. The van der Waals surface area contributed by atoms with Crippen molar-refractivity contribution in [2.45, 2.75) is 0 Å². The Morgan fingerprint density at radius 3 is 2.68 bits per heavy atom. The van der Waals surface area contributed by atoms with Crippen LogP contribution in [-0.2, 0) is 0 Å². The molecule has 0 saturated heterocycles. The summed E-state index contributed by atoms with van der Waals surface area (Å²) in [6.45, 7) is 0. The van der Waals surface area contributed by atoms with Crippen molar-refractivity contribution in [3.8, 4) is 11.5 Å². The number of nitro groups is 1. The second-order valence-electron chi connectivity index (χ2n) is 3.40. The second-order valence-corrected chi connectivity index (χ2v) is 5.11. The fourth-order valence-electron chi connectivity index (χ4n) is 1.31. The minimum absolute atomic E-state index is 0.0358. The van der Waals surface area contributed by atoms with Crippen LogP contribution in [-0.4, -0.2) is 9.91 Å². The van der Waals surface area contributed by atoms with E-state index in [1.54, 1.807) is 0 Å². The van der Waals surface area contributed by atoms with Crippen LogP contribution in [0.15, 0.2) is 39.5 Å². The van der Waals surface area contributed by atoms with Gasteiger partial charge >= 0.3 is 5.69 Å². The van der Waals surface area contributed by atoms with E-state index in [-0.39, 0.29) is 17.2 Å². The Morgan fingerprint density at radius 1 is 1.26 bits per heavy atom. The molecule has 0 aliphatic rings. The summed E-state index contributed by atoms with van der Waals surface area (Å²) in [7, 11) is 0. The first-order valence-corrected chi connectivity index (χ1v) is 6.48. The van der Waals surface area contributed by atoms with Crippen molar-refractivity contribution < 1.29 is 14.1 Å². The van der Waals surface area contributed by atoms with Crippen LogP contribution < -0.4 is 4.74 Å². The molecule has 0 N–H and O–H groups in total. The molecule has 8 heteroatoms. The molecule has 1 aromatic carbocycles. The molecule has 0 unspecified atom stereocenters. The first kappa shape index (κ1) is 13.9. The Balaban J connectivity index is 2.49. The number of aromatic nitrogens is 1. The van der Waals surface area contributed by atoms with E-state index in [1.165, 1.54) is 18.3 Å². The third-order valence-corrected chi connectivity index (χ3v) is 3.36. The Bertz CT molecular complexity index is 652. The maximum atomic E-state index is 13.2. The monoisotopic (exact) mass is 390 g/mol. The topological polar surface area (TPSA) is 65.3 Å². The highest BCUT2D eigenvalue weighted by Crippen LogP contribution is 2.39. The lowest BCUT2D eigenvalue weighted by molar-refractivity contribution is -0.386. The van der Waals surface area contributed by atoms with Crippen LogP contribution in [0.1, 0.15) is 0 Å². The van der Waals surface area contributed by atoms with Gasteiger partial charge in [-0.1, -0.05) is 0 Å². The molecule has 0 bridgehead atoms. The first-order valence-electron chi connectivity index (χ1n) is 4.90. The van der Waals surface area contributed by atoms with Gasteiger partial charge in [-0.15, -0.1) is 0 Å². The van der Waals surface area contributed by atoms with Crippen LogP contribution >= 0.6 is 31.9 Å². The number of hydrogen-bond donors (Lipinski definition) is 0. The highest BCUT2D eigenvalue weighted by molar-refractivity contribution is 9.11. The van der Waals surface area contributed by atoms with Gasteiger partial charge in [-0.25, -0.2) is 4.39 Å². The number of nitrogens with zero attached hydrogens (tertiary/aromatic N) is 2. The molecule has 0 atom stereocenters. The Hall–Kier alpha value is -1.54. The Labute approximate surface area is 123 Å². The Kier molecular flexibility index (Phi) is 4.11. The molecule has 5 nitrogen and oxygen atoms in total. The van der Waals surface area contributed by atoms with Crippen LogP contribution in [0.2, 0.25) is 0 Å². The van der Waals surface area contributed by atoms with Gasteiger partial charge in [-0.2, -0.15) is 0 Å². The number of ether oxygens (including phenoxy) is 1.